The monoisotopic (exact) mass is 394 g/mol. The molecule has 0 radical (unpaired) electrons. The molecule has 0 saturated heterocycles. The van der Waals surface area contributed by atoms with Crippen LogP contribution in [0.3, 0.4) is 0 Å². The van der Waals surface area contributed by atoms with Gasteiger partial charge in [0.25, 0.3) is 11.8 Å². The molecule has 1 heterocycles. The van der Waals surface area contributed by atoms with Gasteiger partial charge in [0.2, 0.25) is 0 Å². The van der Waals surface area contributed by atoms with E-state index in [0.717, 1.165) is 0 Å². The van der Waals surface area contributed by atoms with Crippen LogP contribution in [0.4, 0.5) is 5.69 Å². The number of amides is 2. The number of aliphatic carboxylic acids is 1. The minimum atomic E-state index is -0.969. The molecule has 0 spiro atoms. The van der Waals surface area contributed by atoms with E-state index in [4.69, 9.17) is 16.7 Å². The molecule has 1 aromatic heterocycles. The van der Waals surface area contributed by atoms with E-state index >= 15 is 0 Å². The highest BCUT2D eigenvalue weighted by molar-refractivity contribution is 7.12. The molecule has 0 saturated carbocycles. The van der Waals surface area contributed by atoms with Gasteiger partial charge in [0.05, 0.1) is 22.0 Å². The molecular weight excluding hydrogens is 376 g/mol. The van der Waals surface area contributed by atoms with Gasteiger partial charge in [0.15, 0.2) is 0 Å². The minimum absolute atomic E-state index is 0.103. The molecule has 138 valence electrons. The van der Waals surface area contributed by atoms with Crippen molar-refractivity contribution < 1.29 is 19.5 Å². The van der Waals surface area contributed by atoms with Crippen molar-refractivity contribution in [1.29, 1.82) is 0 Å². The van der Waals surface area contributed by atoms with Gasteiger partial charge in [0.1, 0.15) is 0 Å². The second-order valence-corrected chi connectivity index (χ2v) is 7.22. The predicted octanol–water partition coefficient (Wildman–Crippen LogP) is 3.98. The maximum Gasteiger partial charge on any atom is 0.305 e. The second kappa shape index (κ2) is 8.82. The van der Waals surface area contributed by atoms with Crippen molar-refractivity contribution >= 4 is 46.4 Å². The van der Waals surface area contributed by atoms with Gasteiger partial charge in [-0.15, -0.1) is 11.3 Å². The molecule has 0 aliphatic carbocycles. The molecule has 0 fully saturated rings. The van der Waals surface area contributed by atoms with Crippen LogP contribution in [-0.4, -0.2) is 40.4 Å². The lowest BCUT2D eigenvalue weighted by atomic mass is 10.1. The highest BCUT2D eigenvalue weighted by Gasteiger charge is 2.21. The van der Waals surface area contributed by atoms with Gasteiger partial charge < -0.3 is 15.3 Å². The minimum Gasteiger partial charge on any atom is -0.481 e. The van der Waals surface area contributed by atoms with Crippen molar-refractivity contribution in [2.45, 2.75) is 26.3 Å². The van der Waals surface area contributed by atoms with Crippen LogP contribution in [0, 0.1) is 0 Å². The third kappa shape index (κ3) is 5.06. The zero-order chi connectivity index (χ0) is 19.3. The van der Waals surface area contributed by atoms with E-state index in [0.29, 0.717) is 21.2 Å². The van der Waals surface area contributed by atoms with Crippen LogP contribution in [0.15, 0.2) is 35.7 Å². The number of hydrogen-bond donors (Lipinski definition) is 2. The number of carbonyl (C=O) groups excluding carboxylic acids is 2. The number of rotatable bonds is 7. The van der Waals surface area contributed by atoms with Gasteiger partial charge in [-0.2, -0.15) is 0 Å². The van der Waals surface area contributed by atoms with Crippen LogP contribution in [0.25, 0.3) is 0 Å². The lowest BCUT2D eigenvalue weighted by molar-refractivity contribution is -0.137. The highest BCUT2D eigenvalue weighted by Crippen LogP contribution is 2.25. The summed E-state index contributed by atoms with van der Waals surface area (Å²) in [6, 6.07) is 7.89. The SMILES string of the molecule is CC(C)N(CCC(=O)O)C(=O)c1ccc(Cl)c(NC(=O)c2cccs2)c1. The predicted molar refractivity (Wildman–Crippen MR) is 102 cm³/mol. The van der Waals surface area contributed by atoms with Gasteiger partial charge in [-0.3, -0.25) is 14.4 Å². The van der Waals surface area contributed by atoms with E-state index in [2.05, 4.69) is 5.32 Å². The number of nitrogens with one attached hydrogen (secondary N) is 1. The fraction of sp³-hybridized carbons (Fsp3) is 0.278. The number of carboxylic acid groups (broad SMARTS) is 1. The number of carbonyl (C=O) groups is 3. The average Bonchev–Trinajstić information content (AvgIpc) is 3.10. The molecule has 8 heteroatoms. The number of benzene rings is 1. The molecule has 2 rings (SSSR count). The molecule has 1 aromatic carbocycles. The van der Waals surface area contributed by atoms with Crippen LogP contribution in [0.2, 0.25) is 5.02 Å². The molecule has 26 heavy (non-hydrogen) atoms. The normalized spacial score (nSPS) is 10.6. The fourth-order valence-electron chi connectivity index (χ4n) is 2.32. The van der Waals surface area contributed by atoms with Crippen molar-refractivity contribution in [2.24, 2.45) is 0 Å². The summed E-state index contributed by atoms with van der Waals surface area (Å²) in [5, 5.41) is 13.7. The van der Waals surface area contributed by atoms with Crippen molar-refractivity contribution in [1.82, 2.24) is 4.90 Å². The molecule has 0 atom stereocenters. The van der Waals surface area contributed by atoms with Gasteiger partial charge >= 0.3 is 5.97 Å². The first kappa shape index (κ1) is 19.9. The number of halogens is 1. The number of nitrogens with zero attached hydrogens (tertiary/aromatic N) is 1. The van der Waals surface area contributed by atoms with Crippen LogP contribution < -0.4 is 5.32 Å². The Balaban J connectivity index is 2.22. The van der Waals surface area contributed by atoms with Gasteiger partial charge in [-0.05, 0) is 43.5 Å². The molecule has 2 aromatic rings. The van der Waals surface area contributed by atoms with Crippen LogP contribution in [0.1, 0.15) is 40.3 Å². The Morgan fingerprint density at radius 3 is 2.58 bits per heavy atom. The Bertz CT molecular complexity index is 806. The summed E-state index contributed by atoms with van der Waals surface area (Å²) in [5.41, 5.74) is 0.660. The molecule has 0 aliphatic heterocycles. The number of hydrogen-bond acceptors (Lipinski definition) is 4. The molecular formula is C18H19ClN2O4S. The zero-order valence-electron chi connectivity index (χ0n) is 14.4. The van der Waals surface area contributed by atoms with Crippen molar-refractivity contribution in [3.8, 4) is 0 Å². The summed E-state index contributed by atoms with van der Waals surface area (Å²) in [4.78, 5) is 37.8. The van der Waals surface area contributed by atoms with Crippen molar-refractivity contribution in [3.63, 3.8) is 0 Å². The fourth-order valence-corrected chi connectivity index (χ4v) is 3.11. The topological polar surface area (TPSA) is 86.7 Å². The average molecular weight is 395 g/mol. The quantitative estimate of drug-likeness (QED) is 0.743. The number of thiophene rings is 1. The van der Waals surface area contributed by atoms with E-state index < -0.39 is 5.97 Å². The number of carboxylic acids is 1. The first-order valence-corrected chi connectivity index (χ1v) is 9.22. The Morgan fingerprint density at radius 2 is 2.00 bits per heavy atom. The molecule has 2 N–H and O–H groups in total. The van der Waals surface area contributed by atoms with E-state index in [9.17, 15) is 14.4 Å². The molecule has 0 aliphatic rings. The summed E-state index contributed by atoms with van der Waals surface area (Å²) in [7, 11) is 0. The van der Waals surface area contributed by atoms with E-state index in [1.54, 1.807) is 23.6 Å². The second-order valence-electron chi connectivity index (χ2n) is 5.86. The lowest BCUT2D eigenvalue weighted by Crippen LogP contribution is -2.38. The molecule has 2 amide bonds. The maximum absolute atomic E-state index is 12.8. The van der Waals surface area contributed by atoms with Gasteiger partial charge in [0, 0.05) is 18.2 Å². The van der Waals surface area contributed by atoms with Crippen LogP contribution in [-0.2, 0) is 4.79 Å². The standard InChI is InChI=1S/C18H19ClN2O4S/c1-11(2)21(8-7-16(22)23)18(25)12-5-6-13(19)14(10-12)20-17(24)15-4-3-9-26-15/h3-6,9-11H,7-8H2,1-2H3,(H,20,24)(H,22,23). The number of anilines is 1. The van der Waals surface area contributed by atoms with E-state index in [1.807, 2.05) is 13.8 Å². The largest absolute Gasteiger partial charge is 0.481 e. The van der Waals surface area contributed by atoms with Crippen molar-refractivity contribution in [3.05, 3.63) is 51.2 Å². The lowest BCUT2D eigenvalue weighted by Gasteiger charge is -2.26. The zero-order valence-corrected chi connectivity index (χ0v) is 15.9. The summed E-state index contributed by atoms with van der Waals surface area (Å²) in [6.45, 7) is 3.73. The van der Waals surface area contributed by atoms with Gasteiger partial charge in [-0.25, -0.2) is 0 Å². The third-order valence-corrected chi connectivity index (χ3v) is 4.86. The Hall–Kier alpha value is -2.38. The summed E-state index contributed by atoms with van der Waals surface area (Å²) >= 11 is 7.44. The first-order chi connectivity index (χ1) is 12.3. The smallest absolute Gasteiger partial charge is 0.305 e. The first-order valence-electron chi connectivity index (χ1n) is 7.96. The summed E-state index contributed by atoms with van der Waals surface area (Å²) in [6.07, 6.45) is -0.139. The van der Waals surface area contributed by atoms with Crippen LogP contribution >= 0.6 is 22.9 Å². The maximum atomic E-state index is 12.8. The molecule has 6 nitrogen and oxygen atoms in total. The van der Waals surface area contributed by atoms with Crippen LogP contribution in [0.5, 0.6) is 0 Å². The van der Waals surface area contributed by atoms with E-state index in [-0.39, 0.29) is 30.8 Å². The Kier molecular flexibility index (Phi) is 6.76. The molecule has 0 bridgehead atoms. The Labute approximate surface area is 160 Å². The van der Waals surface area contributed by atoms with Crippen molar-refractivity contribution in [2.75, 3.05) is 11.9 Å². The highest BCUT2D eigenvalue weighted by atomic mass is 35.5. The Morgan fingerprint density at radius 1 is 1.27 bits per heavy atom. The summed E-state index contributed by atoms with van der Waals surface area (Å²) < 4.78 is 0. The van der Waals surface area contributed by atoms with E-state index in [1.165, 1.54) is 28.4 Å². The molecule has 0 unspecified atom stereocenters. The third-order valence-electron chi connectivity index (χ3n) is 3.66. The summed E-state index contributed by atoms with van der Waals surface area (Å²) in [5.74, 6) is -1.59. The van der Waals surface area contributed by atoms with Gasteiger partial charge in [-0.1, -0.05) is 17.7 Å².